The average molecular weight is 138 g/mol. The van der Waals surface area contributed by atoms with E-state index in [1.165, 1.54) is 0 Å². The van der Waals surface area contributed by atoms with Gasteiger partial charge in [0.2, 0.25) is 0 Å². The molecule has 0 saturated heterocycles. The molecule has 0 aromatic rings. The molecule has 0 bridgehead atoms. The molecule has 2 nitrogen and oxygen atoms in total. The second-order valence-corrected chi connectivity index (χ2v) is 2.41. The third-order valence-electron chi connectivity index (χ3n) is 1.52. The first-order chi connectivity index (χ1) is 4.61. The lowest BCUT2D eigenvalue weighted by Crippen LogP contribution is -1.93. The van der Waals surface area contributed by atoms with E-state index in [4.69, 9.17) is 4.74 Å². The van der Waals surface area contributed by atoms with Gasteiger partial charge in [0.15, 0.2) is 5.78 Å². The van der Waals surface area contributed by atoms with Crippen LogP contribution in [0.25, 0.3) is 0 Å². The van der Waals surface area contributed by atoms with Gasteiger partial charge in [0.1, 0.15) is 11.5 Å². The zero-order valence-electron chi connectivity index (χ0n) is 6.23. The number of hydrogen-bond acceptors (Lipinski definition) is 2. The summed E-state index contributed by atoms with van der Waals surface area (Å²) in [6.45, 7) is 6.95. The zero-order valence-corrected chi connectivity index (χ0v) is 6.23. The summed E-state index contributed by atoms with van der Waals surface area (Å²) in [7, 11) is 0. The van der Waals surface area contributed by atoms with Crippen molar-refractivity contribution in [3.8, 4) is 0 Å². The highest BCUT2D eigenvalue weighted by Crippen LogP contribution is 2.26. The smallest absolute Gasteiger partial charge is 0.159 e. The Balaban J connectivity index is 2.86. The molecule has 2 heteroatoms. The molecule has 1 heterocycles. The Hall–Kier alpha value is -1.05. The maximum atomic E-state index is 10.8. The maximum Gasteiger partial charge on any atom is 0.159 e. The van der Waals surface area contributed by atoms with Crippen LogP contribution in [0, 0.1) is 0 Å². The van der Waals surface area contributed by atoms with Gasteiger partial charge in [-0.3, -0.25) is 4.79 Å². The van der Waals surface area contributed by atoms with Crippen molar-refractivity contribution in [2.45, 2.75) is 20.3 Å². The minimum atomic E-state index is 0.0798. The number of rotatable bonds is 1. The third kappa shape index (κ3) is 1.10. The predicted molar refractivity (Wildman–Crippen MR) is 38.2 cm³/mol. The van der Waals surface area contributed by atoms with Crippen molar-refractivity contribution in [1.82, 2.24) is 0 Å². The molecule has 0 N–H and O–H groups in total. The largest absolute Gasteiger partial charge is 0.466 e. The van der Waals surface area contributed by atoms with Gasteiger partial charge in [-0.25, -0.2) is 0 Å². The highest BCUT2D eigenvalue weighted by molar-refractivity contribution is 5.94. The van der Waals surface area contributed by atoms with Gasteiger partial charge in [-0.2, -0.15) is 0 Å². The van der Waals surface area contributed by atoms with E-state index in [9.17, 15) is 4.79 Å². The van der Waals surface area contributed by atoms with Crippen LogP contribution in [0.15, 0.2) is 23.7 Å². The van der Waals surface area contributed by atoms with Gasteiger partial charge >= 0.3 is 0 Å². The van der Waals surface area contributed by atoms with Crippen molar-refractivity contribution in [3.63, 3.8) is 0 Å². The van der Waals surface area contributed by atoms with Gasteiger partial charge in [0.05, 0.1) is 0 Å². The second kappa shape index (κ2) is 2.29. The van der Waals surface area contributed by atoms with Crippen molar-refractivity contribution in [3.05, 3.63) is 23.7 Å². The Morgan fingerprint density at radius 1 is 1.70 bits per heavy atom. The Morgan fingerprint density at radius 3 is 2.50 bits per heavy atom. The van der Waals surface area contributed by atoms with Gasteiger partial charge in [-0.05, 0) is 13.8 Å². The minimum Gasteiger partial charge on any atom is -0.466 e. The first-order valence-corrected chi connectivity index (χ1v) is 3.17. The summed E-state index contributed by atoms with van der Waals surface area (Å²) in [6.07, 6.45) is 0.584. The Labute approximate surface area is 60.2 Å². The molecule has 0 amide bonds. The Kier molecular flexibility index (Phi) is 1.62. The van der Waals surface area contributed by atoms with Gasteiger partial charge in [0.25, 0.3) is 0 Å². The molecule has 0 radical (unpaired) electrons. The van der Waals surface area contributed by atoms with E-state index in [-0.39, 0.29) is 5.78 Å². The SMILES string of the molecule is C=C1CC(C(C)=O)=C(C)O1. The van der Waals surface area contributed by atoms with Crippen LogP contribution in [0.3, 0.4) is 0 Å². The maximum absolute atomic E-state index is 10.8. The molecule has 1 aliphatic heterocycles. The van der Waals surface area contributed by atoms with E-state index in [0.717, 1.165) is 5.57 Å². The lowest BCUT2D eigenvalue weighted by Gasteiger charge is -1.94. The van der Waals surface area contributed by atoms with Crippen LogP contribution >= 0.6 is 0 Å². The third-order valence-corrected chi connectivity index (χ3v) is 1.52. The highest BCUT2D eigenvalue weighted by atomic mass is 16.5. The number of ketones is 1. The Morgan fingerprint density at radius 2 is 2.30 bits per heavy atom. The number of carbonyl (C=O) groups is 1. The van der Waals surface area contributed by atoms with E-state index >= 15 is 0 Å². The molecule has 54 valence electrons. The predicted octanol–water partition coefficient (Wildman–Crippen LogP) is 1.78. The van der Waals surface area contributed by atoms with Crippen LogP contribution in [-0.4, -0.2) is 5.78 Å². The minimum absolute atomic E-state index is 0.0798. The fraction of sp³-hybridized carbons (Fsp3) is 0.375. The normalized spacial score (nSPS) is 17.6. The molecule has 0 unspecified atom stereocenters. The fourth-order valence-electron chi connectivity index (χ4n) is 1.01. The molecule has 0 atom stereocenters. The summed E-state index contributed by atoms with van der Waals surface area (Å²) >= 11 is 0. The van der Waals surface area contributed by atoms with Crippen LogP contribution in [0.1, 0.15) is 20.3 Å². The Bertz CT molecular complexity index is 223. The van der Waals surface area contributed by atoms with Gasteiger partial charge in [-0.15, -0.1) is 0 Å². The van der Waals surface area contributed by atoms with Crippen molar-refractivity contribution in [2.75, 3.05) is 0 Å². The number of hydrogen-bond donors (Lipinski definition) is 0. The van der Waals surface area contributed by atoms with Crippen LogP contribution in [0.4, 0.5) is 0 Å². The molecule has 0 fully saturated rings. The molecule has 0 saturated carbocycles. The number of allylic oxidation sites excluding steroid dienone is 2. The standard InChI is InChI=1S/C8H10O2/c1-5-4-8(6(2)9)7(3)10-5/h1,4H2,2-3H3. The first-order valence-electron chi connectivity index (χ1n) is 3.17. The van der Waals surface area contributed by atoms with E-state index in [1.54, 1.807) is 13.8 Å². The molecule has 1 rings (SSSR count). The molecule has 0 aromatic carbocycles. The van der Waals surface area contributed by atoms with Crippen LogP contribution < -0.4 is 0 Å². The van der Waals surface area contributed by atoms with Crippen molar-refractivity contribution in [1.29, 1.82) is 0 Å². The monoisotopic (exact) mass is 138 g/mol. The molecule has 10 heavy (non-hydrogen) atoms. The van der Waals surface area contributed by atoms with Crippen molar-refractivity contribution in [2.24, 2.45) is 0 Å². The van der Waals surface area contributed by atoms with Gasteiger partial charge in [-0.1, -0.05) is 6.58 Å². The number of Topliss-reactive ketones (excluding diaryl/α,β-unsaturated/α-hetero) is 1. The quantitative estimate of drug-likeness (QED) is 0.552. The number of carbonyl (C=O) groups excluding carboxylic acids is 1. The summed E-state index contributed by atoms with van der Waals surface area (Å²) in [5.74, 6) is 1.45. The highest BCUT2D eigenvalue weighted by Gasteiger charge is 2.18. The summed E-state index contributed by atoms with van der Waals surface area (Å²) in [6, 6.07) is 0. The summed E-state index contributed by atoms with van der Waals surface area (Å²) < 4.78 is 5.10. The van der Waals surface area contributed by atoms with Crippen molar-refractivity contribution < 1.29 is 9.53 Å². The summed E-state index contributed by atoms with van der Waals surface area (Å²) in [5.41, 5.74) is 0.755. The molecule has 0 aliphatic carbocycles. The molecule has 0 spiro atoms. The fourth-order valence-corrected chi connectivity index (χ4v) is 1.01. The molecule has 1 aliphatic rings. The lowest BCUT2D eigenvalue weighted by molar-refractivity contribution is -0.113. The van der Waals surface area contributed by atoms with E-state index in [0.29, 0.717) is 17.9 Å². The topological polar surface area (TPSA) is 26.3 Å². The van der Waals surface area contributed by atoms with Crippen LogP contribution in [-0.2, 0) is 9.53 Å². The average Bonchev–Trinajstić information content (AvgIpc) is 2.10. The van der Waals surface area contributed by atoms with E-state index < -0.39 is 0 Å². The van der Waals surface area contributed by atoms with E-state index in [2.05, 4.69) is 6.58 Å². The van der Waals surface area contributed by atoms with Crippen LogP contribution in [0.5, 0.6) is 0 Å². The first kappa shape index (κ1) is 7.06. The van der Waals surface area contributed by atoms with Crippen LogP contribution in [0.2, 0.25) is 0 Å². The summed E-state index contributed by atoms with van der Waals surface area (Å²) in [5, 5.41) is 0. The van der Waals surface area contributed by atoms with Gasteiger partial charge in [0, 0.05) is 12.0 Å². The molecule has 0 aromatic heterocycles. The molecular formula is C8H10O2. The van der Waals surface area contributed by atoms with E-state index in [1.807, 2.05) is 0 Å². The summed E-state index contributed by atoms with van der Waals surface area (Å²) in [4.78, 5) is 10.8. The van der Waals surface area contributed by atoms with Gasteiger partial charge < -0.3 is 4.74 Å². The molecular weight excluding hydrogens is 128 g/mol. The zero-order chi connectivity index (χ0) is 7.72. The van der Waals surface area contributed by atoms with Crippen molar-refractivity contribution >= 4 is 5.78 Å². The second-order valence-electron chi connectivity index (χ2n) is 2.41. The lowest BCUT2D eigenvalue weighted by atomic mass is 10.1. The number of ether oxygens (including phenoxy) is 1.